The van der Waals surface area contributed by atoms with Crippen LogP contribution in [0.3, 0.4) is 0 Å². The van der Waals surface area contributed by atoms with Gasteiger partial charge in [0.25, 0.3) is 0 Å². The predicted octanol–water partition coefficient (Wildman–Crippen LogP) is 2.62. The lowest BCUT2D eigenvalue weighted by molar-refractivity contribution is 0.596. The van der Waals surface area contributed by atoms with E-state index in [-0.39, 0.29) is 6.04 Å². The Bertz CT molecular complexity index is 233. The molecule has 14 heavy (non-hydrogen) atoms. The van der Waals surface area contributed by atoms with E-state index in [0.29, 0.717) is 0 Å². The number of hydrogen-bond donors (Lipinski definition) is 2. The Hall–Kier alpha value is -1.02. The van der Waals surface area contributed by atoms with E-state index in [1.807, 2.05) is 18.2 Å². The maximum absolute atomic E-state index is 5.95. The van der Waals surface area contributed by atoms with Gasteiger partial charge >= 0.3 is 0 Å². The smallest absolute Gasteiger partial charge is 0.0340 e. The Morgan fingerprint density at radius 1 is 1.29 bits per heavy atom. The van der Waals surface area contributed by atoms with Gasteiger partial charge in [-0.2, -0.15) is 0 Å². The molecule has 2 nitrogen and oxygen atoms in total. The molecule has 0 radical (unpaired) electrons. The van der Waals surface area contributed by atoms with E-state index in [1.165, 1.54) is 12.8 Å². The molecule has 0 saturated carbocycles. The van der Waals surface area contributed by atoms with Gasteiger partial charge in [-0.25, -0.2) is 0 Å². The lowest BCUT2D eigenvalue weighted by Gasteiger charge is -2.12. The number of unbranched alkanes of at least 4 members (excludes halogenated alkanes) is 1. The molecule has 78 valence electrons. The van der Waals surface area contributed by atoms with E-state index in [0.717, 1.165) is 18.7 Å². The first kappa shape index (κ1) is 11.1. The maximum Gasteiger partial charge on any atom is 0.0340 e. The highest BCUT2D eigenvalue weighted by Gasteiger charge is 2.00. The monoisotopic (exact) mass is 192 g/mol. The molecule has 1 unspecified atom stereocenters. The molecule has 0 aliphatic heterocycles. The van der Waals surface area contributed by atoms with Crippen LogP contribution in [-0.2, 0) is 0 Å². The molecule has 0 spiro atoms. The zero-order valence-electron chi connectivity index (χ0n) is 8.87. The summed E-state index contributed by atoms with van der Waals surface area (Å²) in [5.41, 5.74) is 7.10. The molecular formula is C12H20N2. The second-order valence-electron chi connectivity index (χ2n) is 3.65. The van der Waals surface area contributed by atoms with Crippen LogP contribution in [0.1, 0.15) is 26.2 Å². The molecule has 1 atom stereocenters. The average molecular weight is 192 g/mol. The van der Waals surface area contributed by atoms with Crippen LogP contribution in [0.15, 0.2) is 30.3 Å². The highest BCUT2D eigenvalue weighted by molar-refractivity contribution is 5.42. The summed E-state index contributed by atoms with van der Waals surface area (Å²) in [5, 5.41) is 3.33. The van der Waals surface area contributed by atoms with Crippen molar-refractivity contribution in [3.8, 4) is 0 Å². The Balaban J connectivity index is 2.20. The van der Waals surface area contributed by atoms with Crippen LogP contribution in [0.2, 0.25) is 0 Å². The molecule has 0 amide bonds. The zero-order valence-corrected chi connectivity index (χ0v) is 8.87. The number of nitrogens with two attached hydrogens (primary N) is 1. The minimum Gasteiger partial charge on any atom is -0.383 e. The molecule has 0 heterocycles. The summed E-state index contributed by atoms with van der Waals surface area (Å²) in [7, 11) is 0. The van der Waals surface area contributed by atoms with Gasteiger partial charge < -0.3 is 11.1 Å². The lowest BCUT2D eigenvalue weighted by atomic mass is 10.1. The van der Waals surface area contributed by atoms with Crippen LogP contribution in [0.25, 0.3) is 0 Å². The second-order valence-corrected chi connectivity index (χ2v) is 3.65. The van der Waals surface area contributed by atoms with E-state index in [9.17, 15) is 0 Å². The topological polar surface area (TPSA) is 38.0 Å². The fraction of sp³-hybridized carbons (Fsp3) is 0.500. The number of anilines is 1. The first-order valence-corrected chi connectivity index (χ1v) is 5.37. The molecule has 0 saturated heterocycles. The van der Waals surface area contributed by atoms with Crippen molar-refractivity contribution in [1.29, 1.82) is 0 Å². The summed E-state index contributed by atoms with van der Waals surface area (Å²) in [6.07, 6.45) is 3.55. The van der Waals surface area contributed by atoms with Crippen LogP contribution in [0.4, 0.5) is 5.69 Å². The van der Waals surface area contributed by atoms with Crippen molar-refractivity contribution in [1.82, 2.24) is 0 Å². The summed E-state index contributed by atoms with van der Waals surface area (Å²) in [6, 6.07) is 10.5. The lowest BCUT2D eigenvalue weighted by Crippen LogP contribution is -2.28. The van der Waals surface area contributed by atoms with Crippen molar-refractivity contribution in [3.63, 3.8) is 0 Å². The quantitative estimate of drug-likeness (QED) is 0.727. The molecule has 3 N–H and O–H groups in total. The minimum atomic E-state index is 0.273. The van der Waals surface area contributed by atoms with Gasteiger partial charge in [0.15, 0.2) is 0 Å². The summed E-state index contributed by atoms with van der Waals surface area (Å²) < 4.78 is 0. The van der Waals surface area contributed by atoms with Crippen LogP contribution < -0.4 is 11.1 Å². The molecule has 0 aliphatic rings. The molecule has 1 aromatic carbocycles. The summed E-state index contributed by atoms with van der Waals surface area (Å²) in [5.74, 6) is 0. The molecule has 1 rings (SSSR count). The van der Waals surface area contributed by atoms with Crippen molar-refractivity contribution in [2.45, 2.75) is 32.2 Å². The highest BCUT2D eigenvalue weighted by Crippen LogP contribution is 2.05. The SMILES string of the molecule is CCCCC(N)CNc1ccccc1. The predicted molar refractivity (Wildman–Crippen MR) is 62.4 cm³/mol. The molecule has 2 heteroatoms. The Morgan fingerprint density at radius 3 is 2.64 bits per heavy atom. The van der Waals surface area contributed by atoms with E-state index >= 15 is 0 Å². The van der Waals surface area contributed by atoms with Crippen LogP contribution in [-0.4, -0.2) is 12.6 Å². The van der Waals surface area contributed by atoms with Crippen LogP contribution in [0.5, 0.6) is 0 Å². The number of nitrogens with one attached hydrogen (secondary N) is 1. The fourth-order valence-electron chi connectivity index (χ4n) is 1.37. The molecule has 0 bridgehead atoms. The Labute approximate surface area is 86.5 Å². The second kappa shape index (κ2) is 6.44. The molecule has 0 aliphatic carbocycles. The van der Waals surface area contributed by atoms with Gasteiger partial charge in [0.05, 0.1) is 0 Å². The van der Waals surface area contributed by atoms with Crippen molar-refractivity contribution in [3.05, 3.63) is 30.3 Å². The number of rotatable bonds is 6. The highest BCUT2D eigenvalue weighted by atomic mass is 14.9. The van der Waals surface area contributed by atoms with E-state index in [2.05, 4.69) is 24.4 Å². The van der Waals surface area contributed by atoms with Crippen molar-refractivity contribution >= 4 is 5.69 Å². The molecular weight excluding hydrogens is 172 g/mol. The zero-order chi connectivity index (χ0) is 10.2. The van der Waals surface area contributed by atoms with Crippen molar-refractivity contribution < 1.29 is 0 Å². The van der Waals surface area contributed by atoms with Gasteiger partial charge in [0.1, 0.15) is 0 Å². The average Bonchev–Trinajstić information content (AvgIpc) is 2.25. The van der Waals surface area contributed by atoms with Gasteiger partial charge in [0.2, 0.25) is 0 Å². The first-order valence-electron chi connectivity index (χ1n) is 5.37. The molecule has 0 aromatic heterocycles. The molecule has 1 aromatic rings. The Kier molecular flexibility index (Phi) is 5.08. The standard InChI is InChI=1S/C12H20N2/c1-2-3-7-11(13)10-14-12-8-5-4-6-9-12/h4-6,8-9,11,14H,2-3,7,10,13H2,1H3. The number of hydrogen-bond acceptors (Lipinski definition) is 2. The van der Waals surface area contributed by atoms with E-state index in [4.69, 9.17) is 5.73 Å². The van der Waals surface area contributed by atoms with Gasteiger partial charge in [-0.3, -0.25) is 0 Å². The fourth-order valence-corrected chi connectivity index (χ4v) is 1.37. The normalized spacial score (nSPS) is 12.4. The van der Waals surface area contributed by atoms with Gasteiger partial charge in [0, 0.05) is 18.3 Å². The van der Waals surface area contributed by atoms with E-state index in [1.54, 1.807) is 0 Å². The third kappa shape index (κ3) is 4.28. The van der Waals surface area contributed by atoms with Crippen molar-refractivity contribution in [2.75, 3.05) is 11.9 Å². The Morgan fingerprint density at radius 2 is 2.00 bits per heavy atom. The van der Waals surface area contributed by atoms with Crippen molar-refractivity contribution in [2.24, 2.45) is 5.73 Å². The van der Waals surface area contributed by atoms with Gasteiger partial charge in [-0.15, -0.1) is 0 Å². The minimum absolute atomic E-state index is 0.273. The van der Waals surface area contributed by atoms with Gasteiger partial charge in [-0.1, -0.05) is 38.0 Å². The number of benzene rings is 1. The summed E-state index contributed by atoms with van der Waals surface area (Å²) in [6.45, 7) is 3.06. The largest absolute Gasteiger partial charge is 0.383 e. The van der Waals surface area contributed by atoms with Crippen LogP contribution >= 0.6 is 0 Å². The third-order valence-corrected chi connectivity index (χ3v) is 2.27. The maximum atomic E-state index is 5.95. The summed E-state index contributed by atoms with van der Waals surface area (Å²) in [4.78, 5) is 0. The molecule has 0 fully saturated rings. The number of para-hydroxylation sites is 1. The first-order chi connectivity index (χ1) is 6.83. The van der Waals surface area contributed by atoms with E-state index < -0.39 is 0 Å². The third-order valence-electron chi connectivity index (χ3n) is 2.27. The summed E-state index contributed by atoms with van der Waals surface area (Å²) >= 11 is 0. The van der Waals surface area contributed by atoms with Crippen LogP contribution in [0, 0.1) is 0 Å². The van der Waals surface area contributed by atoms with Gasteiger partial charge in [-0.05, 0) is 18.6 Å².